The average molecular weight is 349 g/mol. The van der Waals surface area contributed by atoms with E-state index in [1.54, 1.807) is 12.8 Å². The highest BCUT2D eigenvalue weighted by molar-refractivity contribution is 8.00. The predicted molar refractivity (Wildman–Crippen MR) is 102 cm³/mol. The van der Waals surface area contributed by atoms with E-state index >= 15 is 0 Å². The van der Waals surface area contributed by atoms with Gasteiger partial charge in [0.15, 0.2) is 0 Å². The van der Waals surface area contributed by atoms with Crippen molar-refractivity contribution in [1.82, 2.24) is 0 Å². The Bertz CT molecular complexity index is 309. The smallest absolute Gasteiger partial charge is 0.00813 e. The topological polar surface area (TPSA) is 0 Å². The van der Waals surface area contributed by atoms with Gasteiger partial charge < -0.3 is 0 Å². The van der Waals surface area contributed by atoms with Crippen molar-refractivity contribution in [2.45, 2.75) is 49.0 Å². The maximum absolute atomic E-state index is 4.35. The lowest BCUT2D eigenvalue weighted by atomic mass is 9.81. The van der Waals surface area contributed by atoms with Gasteiger partial charge in [-0.25, -0.2) is 0 Å². The quantitative estimate of drug-likeness (QED) is 0.473. The number of fused-ring (bicyclic) bond motifs is 5. The third-order valence-corrected chi connectivity index (χ3v) is 9.29. The van der Waals surface area contributed by atoms with Gasteiger partial charge in [0.2, 0.25) is 0 Å². The molecule has 20 heavy (non-hydrogen) atoms. The molecule has 0 amide bonds. The van der Waals surface area contributed by atoms with E-state index < -0.39 is 0 Å². The van der Waals surface area contributed by atoms with Gasteiger partial charge in [-0.3, -0.25) is 0 Å². The van der Waals surface area contributed by atoms with Crippen molar-refractivity contribution in [1.29, 1.82) is 0 Å². The summed E-state index contributed by atoms with van der Waals surface area (Å²) in [6.45, 7) is 0. The monoisotopic (exact) mass is 348 g/mol. The van der Waals surface area contributed by atoms with Crippen LogP contribution in [0.15, 0.2) is 0 Å². The van der Waals surface area contributed by atoms with Crippen molar-refractivity contribution in [3.05, 3.63) is 0 Å². The number of thiol groups is 2. The lowest BCUT2D eigenvalue weighted by molar-refractivity contribution is 0.270. The average Bonchev–Trinajstić information content (AvgIpc) is 3.11. The molecule has 0 spiro atoms. The molecule has 6 unspecified atom stereocenters. The van der Waals surface area contributed by atoms with Gasteiger partial charge in [-0.1, -0.05) is 0 Å². The lowest BCUT2D eigenvalue weighted by Gasteiger charge is -2.34. The van der Waals surface area contributed by atoms with E-state index in [4.69, 9.17) is 0 Å². The highest BCUT2D eigenvalue weighted by Gasteiger charge is 2.57. The second-order valence-corrected chi connectivity index (χ2v) is 10.3. The van der Waals surface area contributed by atoms with Gasteiger partial charge in [-0.2, -0.15) is 48.8 Å². The molecule has 0 aromatic heterocycles. The summed E-state index contributed by atoms with van der Waals surface area (Å²) in [5.74, 6) is 9.13. The van der Waals surface area contributed by atoms with E-state index in [1.165, 1.54) is 37.2 Å². The molecule has 6 atom stereocenters. The molecule has 3 saturated carbocycles. The van der Waals surface area contributed by atoms with Crippen molar-refractivity contribution >= 4 is 48.8 Å². The van der Waals surface area contributed by atoms with Crippen molar-refractivity contribution in [2.75, 3.05) is 23.0 Å². The maximum atomic E-state index is 4.35. The molecular formula is C16H28S4. The summed E-state index contributed by atoms with van der Waals surface area (Å²) in [5.41, 5.74) is 0. The molecule has 4 heteroatoms. The summed E-state index contributed by atoms with van der Waals surface area (Å²) in [7, 11) is 0. The molecule has 3 aliphatic rings. The lowest BCUT2D eigenvalue weighted by Crippen LogP contribution is -2.31. The van der Waals surface area contributed by atoms with Crippen molar-refractivity contribution in [3.63, 3.8) is 0 Å². The Morgan fingerprint density at radius 1 is 0.800 bits per heavy atom. The van der Waals surface area contributed by atoms with Crippen LogP contribution in [0.3, 0.4) is 0 Å². The standard InChI is InChI=1S/C16H28S4/c17-5-1-7-19-14-4-3-12-11-9-13(16(12)14)15(10-11)20-8-2-6-18/h11-18H,1-10H2. The van der Waals surface area contributed by atoms with Gasteiger partial charge in [0.05, 0.1) is 0 Å². The van der Waals surface area contributed by atoms with Crippen LogP contribution in [0.5, 0.6) is 0 Å². The highest BCUT2D eigenvalue weighted by atomic mass is 32.2. The van der Waals surface area contributed by atoms with Crippen molar-refractivity contribution < 1.29 is 0 Å². The molecule has 3 aliphatic carbocycles. The van der Waals surface area contributed by atoms with Gasteiger partial charge in [0.25, 0.3) is 0 Å². The minimum atomic E-state index is 0.989. The fourth-order valence-corrected chi connectivity index (χ4v) is 8.79. The van der Waals surface area contributed by atoms with Crippen LogP contribution >= 0.6 is 48.8 Å². The summed E-state index contributed by atoms with van der Waals surface area (Å²) < 4.78 is 0. The third-order valence-electron chi connectivity index (χ3n) is 5.66. The molecule has 0 aromatic carbocycles. The first kappa shape index (κ1) is 16.3. The summed E-state index contributed by atoms with van der Waals surface area (Å²) in [4.78, 5) is 0. The van der Waals surface area contributed by atoms with Gasteiger partial charge >= 0.3 is 0 Å². The van der Waals surface area contributed by atoms with E-state index in [9.17, 15) is 0 Å². The predicted octanol–water partition coefficient (Wildman–Crippen LogP) is 4.90. The van der Waals surface area contributed by atoms with Gasteiger partial charge in [-0.15, -0.1) is 0 Å². The molecule has 0 heterocycles. The van der Waals surface area contributed by atoms with Crippen LogP contribution in [-0.4, -0.2) is 33.5 Å². The molecular weight excluding hydrogens is 320 g/mol. The number of thioether (sulfide) groups is 2. The van der Waals surface area contributed by atoms with E-state index in [0.717, 1.165) is 45.7 Å². The molecule has 2 bridgehead atoms. The normalized spacial score (nSPS) is 42.3. The van der Waals surface area contributed by atoms with Crippen LogP contribution in [0.1, 0.15) is 38.5 Å². The van der Waals surface area contributed by atoms with Crippen LogP contribution in [0.2, 0.25) is 0 Å². The minimum absolute atomic E-state index is 0.989. The number of hydrogen-bond acceptors (Lipinski definition) is 4. The first-order valence-electron chi connectivity index (χ1n) is 8.30. The number of hydrogen-bond donors (Lipinski definition) is 2. The molecule has 0 N–H and O–H groups in total. The van der Waals surface area contributed by atoms with E-state index in [-0.39, 0.29) is 0 Å². The van der Waals surface area contributed by atoms with Crippen LogP contribution in [-0.2, 0) is 0 Å². The Balaban J connectivity index is 1.54. The second-order valence-electron chi connectivity index (χ2n) is 6.69. The fourth-order valence-electron chi connectivity index (χ4n) is 4.97. The summed E-state index contributed by atoms with van der Waals surface area (Å²) >= 11 is 13.3. The van der Waals surface area contributed by atoms with Crippen molar-refractivity contribution in [3.8, 4) is 0 Å². The summed E-state index contributed by atoms with van der Waals surface area (Å²) in [5, 5.41) is 1.98. The minimum Gasteiger partial charge on any atom is -0.179 e. The summed E-state index contributed by atoms with van der Waals surface area (Å²) in [6, 6.07) is 0. The Kier molecular flexibility index (Phi) is 6.33. The molecule has 3 rings (SSSR count). The second kappa shape index (κ2) is 7.79. The van der Waals surface area contributed by atoms with Crippen LogP contribution in [0.25, 0.3) is 0 Å². The van der Waals surface area contributed by atoms with Gasteiger partial charge in [0, 0.05) is 10.5 Å². The molecule has 0 saturated heterocycles. The Labute approximate surface area is 144 Å². The van der Waals surface area contributed by atoms with Gasteiger partial charge in [-0.05, 0) is 85.2 Å². The molecule has 3 fully saturated rings. The highest BCUT2D eigenvalue weighted by Crippen LogP contribution is 2.63. The zero-order chi connectivity index (χ0) is 13.9. The molecule has 0 aromatic rings. The SMILES string of the molecule is SCCCSC1CC2CC1C1C(SCCCS)CCC21. The largest absolute Gasteiger partial charge is 0.179 e. The summed E-state index contributed by atoms with van der Waals surface area (Å²) in [6.07, 6.45) is 8.73. The first-order chi connectivity index (χ1) is 9.85. The number of rotatable bonds is 8. The van der Waals surface area contributed by atoms with Crippen molar-refractivity contribution in [2.24, 2.45) is 23.7 Å². The Hall–Kier alpha value is 1.40. The molecule has 116 valence electrons. The fraction of sp³-hybridized carbons (Fsp3) is 1.00. The van der Waals surface area contributed by atoms with Gasteiger partial charge in [0.1, 0.15) is 0 Å². The van der Waals surface area contributed by atoms with E-state index in [1.807, 2.05) is 0 Å². The maximum Gasteiger partial charge on any atom is 0.00813 e. The molecule has 0 nitrogen and oxygen atoms in total. The third kappa shape index (κ3) is 3.33. The zero-order valence-electron chi connectivity index (χ0n) is 12.2. The first-order valence-corrected chi connectivity index (χ1v) is 11.7. The van der Waals surface area contributed by atoms with Crippen LogP contribution < -0.4 is 0 Å². The Morgan fingerprint density at radius 3 is 2.20 bits per heavy atom. The molecule has 0 aliphatic heterocycles. The Morgan fingerprint density at radius 2 is 1.50 bits per heavy atom. The van der Waals surface area contributed by atoms with E-state index in [0.29, 0.717) is 0 Å². The van der Waals surface area contributed by atoms with E-state index in [2.05, 4.69) is 48.8 Å². The zero-order valence-corrected chi connectivity index (χ0v) is 15.7. The molecule has 0 radical (unpaired) electrons. The van der Waals surface area contributed by atoms with Crippen LogP contribution in [0.4, 0.5) is 0 Å². The van der Waals surface area contributed by atoms with Crippen LogP contribution in [0, 0.1) is 23.7 Å².